The fourth-order valence-electron chi connectivity index (χ4n) is 4.66. The van der Waals surface area contributed by atoms with Crippen LogP contribution in [0.1, 0.15) is 24.0 Å². The molecule has 1 aliphatic rings. The molecule has 0 aliphatic carbocycles. The Balaban J connectivity index is 1.40. The van der Waals surface area contributed by atoms with Crippen molar-refractivity contribution in [2.45, 2.75) is 18.4 Å². The highest BCUT2D eigenvalue weighted by Crippen LogP contribution is 2.41. The number of ether oxygens (including phenoxy) is 2. The number of amides is 1. The van der Waals surface area contributed by atoms with Gasteiger partial charge in [0, 0.05) is 48.9 Å². The number of benzene rings is 2. The van der Waals surface area contributed by atoms with Crippen molar-refractivity contribution in [3.05, 3.63) is 109 Å². The van der Waals surface area contributed by atoms with Crippen molar-refractivity contribution in [3.63, 3.8) is 0 Å². The van der Waals surface area contributed by atoms with Crippen LogP contribution in [0.15, 0.2) is 97.5 Å². The summed E-state index contributed by atoms with van der Waals surface area (Å²) in [5.41, 5.74) is 0.587. The molecule has 1 atom stereocenters. The minimum atomic E-state index is -1.34. The first-order valence-corrected chi connectivity index (χ1v) is 12.6. The molecule has 0 spiro atoms. The molecule has 0 saturated carbocycles. The maximum absolute atomic E-state index is 12.7. The maximum Gasteiger partial charge on any atom is 0.308 e. The molecule has 2 N–H and O–H groups in total. The Labute approximate surface area is 226 Å². The molecular formula is C30H28N4O5. The summed E-state index contributed by atoms with van der Waals surface area (Å²) in [4.78, 5) is 35.0. The van der Waals surface area contributed by atoms with Crippen LogP contribution in [-0.4, -0.2) is 46.6 Å². The van der Waals surface area contributed by atoms with Crippen molar-refractivity contribution in [2.75, 3.05) is 29.9 Å². The SMILES string of the molecule is O=C(O)CC(Oc1ccc2c(c1)OCC(=O)N2CCCNc1ccccn1)(c1ccccc1)c1cccnc1. The summed E-state index contributed by atoms with van der Waals surface area (Å²) in [6.45, 7) is 1.06. The van der Waals surface area contributed by atoms with Gasteiger partial charge < -0.3 is 24.8 Å². The van der Waals surface area contributed by atoms with Crippen molar-refractivity contribution in [1.29, 1.82) is 0 Å². The Morgan fingerprint density at radius 3 is 2.59 bits per heavy atom. The Kier molecular flexibility index (Phi) is 7.68. The molecule has 0 radical (unpaired) electrons. The van der Waals surface area contributed by atoms with Crippen LogP contribution in [0.2, 0.25) is 0 Å². The number of pyridine rings is 2. The van der Waals surface area contributed by atoms with Crippen molar-refractivity contribution < 1.29 is 24.2 Å². The smallest absolute Gasteiger partial charge is 0.308 e. The topological polar surface area (TPSA) is 114 Å². The van der Waals surface area contributed by atoms with E-state index in [0.29, 0.717) is 47.8 Å². The van der Waals surface area contributed by atoms with E-state index in [4.69, 9.17) is 9.47 Å². The number of carboxylic acid groups (broad SMARTS) is 1. The number of fused-ring (bicyclic) bond motifs is 1. The van der Waals surface area contributed by atoms with Gasteiger partial charge in [-0.15, -0.1) is 0 Å². The summed E-state index contributed by atoms with van der Waals surface area (Å²) in [5, 5.41) is 13.2. The molecule has 39 heavy (non-hydrogen) atoms. The van der Waals surface area contributed by atoms with E-state index in [1.807, 2.05) is 48.5 Å². The fraction of sp³-hybridized carbons (Fsp3) is 0.200. The zero-order valence-corrected chi connectivity index (χ0v) is 21.2. The lowest BCUT2D eigenvalue weighted by molar-refractivity contribution is -0.140. The summed E-state index contributed by atoms with van der Waals surface area (Å²) in [7, 11) is 0. The first kappa shape index (κ1) is 25.7. The van der Waals surface area contributed by atoms with E-state index in [2.05, 4.69) is 15.3 Å². The Bertz CT molecular complexity index is 1380. The second-order valence-corrected chi connectivity index (χ2v) is 9.07. The van der Waals surface area contributed by atoms with Gasteiger partial charge in [0.2, 0.25) is 0 Å². The number of aliphatic carboxylic acids is 1. The molecule has 2 aromatic carbocycles. The number of hydrogen-bond donors (Lipinski definition) is 2. The molecule has 1 aliphatic heterocycles. The second kappa shape index (κ2) is 11.6. The van der Waals surface area contributed by atoms with Gasteiger partial charge >= 0.3 is 5.97 Å². The quantitative estimate of drug-likeness (QED) is 0.276. The number of anilines is 2. The van der Waals surface area contributed by atoms with Gasteiger partial charge in [-0.3, -0.25) is 14.6 Å². The van der Waals surface area contributed by atoms with E-state index in [0.717, 1.165) is 5.82 Å². The number of carboxylic acids is 1. The van der Waals surface area contributed by atoms with E-state index < -0.39 is 11.6 Å². The predicted octanol–water partition coefficient (Wildman–Crippen LogP) is 4.50. The van der Waals surface area contributed by atoms with Crippen LogP contribution in [-0.2, 0) is 15.2 Å². The average molecular weight is 525 g/mol. The highest BCUT2D eigenvalue weighted by atomic mass is 16.5. The van der Waals surface area contributed by atoms with Gasteiger partial charge in [0.1, 0.15) is 17.3 Å². The summed E-state index contributed by atoms with van der Waals surface area (Å²) in [6, 6.07) is 23.6. The summed E-state index contributed by atoms with van der Waals surface area (Å²) < 4.78 is 12.3. The van der Waals surface area contributed by atoms with E-state index in [-0.39, 0.29) is 18.9 Å². The van der Waals surface area contributed by atoms with Gasteiger partial charge in [-0.25, -0.2) is 4.98 Å². The average Bonchev–Trinajstić information content (AvgIpc) is 2.97. The zero-order valence-electron chi connectivity index (χ0n) is 21.2. The molecule has 1 unspecified atom stereocenters. The van der Waals surface area contributed by atoms with Crippen LogP contribution in [0, 0.1) is 0 Å². The zero-order chi connectivity index (χ0) is 27.1. The Morgan fingerprint density at radius 2 is 1.85 bits per heavy atom. The van der Waals surface area contributed by atoms with Crippen molar-refractivity contribution in [3.8, 4) is 11.5 Å². The van der Waals surface area contributed by atoms with Gasteiger partial charge in [0.15, 0.2) is 12.2 Å². The van der Waals surface area contributed by atoms with Gasteiger partial charge in [-0.1, -0.05) is 42.5 Å². The molecular weight excluding hydrogens is 496 g/mol. The highest BCUT2D eigenvalue weighted by Gasteiger charge is 2.40. The van der Waals surface area contributed by atoms with Crippen molar-refractivity contribution in [2.24, 2.45) is 0 Å². The first-order valence-electron chi connectivity index (χ1n) is 12.6. The van der Waals surface area contributed by atoms with Crippen LogP contribution in [0.3, 0.4) is 0 Å². The van der Waals surface area contributed by atoms with E-state index in [1.165, 1.54) is 0 Å². The maximum atomic E-state index is 12.7. The normalized spacial score (nSPS) is 14.1. The molecule has 198 valence electrons. The highest BCUT2D eigenvalue weighted by molar-refractivity contribution is 5.98. The molecule has 9 heteroatoms. The molecule has 1 amide bonds. The molecule has 0 bridgehead atoms. The molecule has 2 aromatic heterocycles. The number of carbonyl (C=O) groups is 2. The minimum absolute atomic E-state index is 0.0916. The largest absolute Gasteiger partial charge is 0.481 e. The predicted molar refractivity (Wildman–Crippen MR) is 146 cm³/mol. The molecule has 3 heterocycles. The van der Waals surface area contributed by atoms with Crippen LogP contribution < -0.4 is 19.7 Å². The standard InChI is InChI=1S/C30H28N4O5/c35-28-21-38-26-18-24(12-13-25(26)34(28)17-7-16-33-27-11-4-5-15-32-27)39-30(19-29(36)37,22-8-2-1-3-9-22)23-10-6-14-31-20-23/h1-6,8-15,18,20H,7,16-17,19,21H2,(H,32,33)(H,36,37). The lowest BCUT2D eigenvalue weighted by Gasteiger charge is -2.35. The van der Waals surface area contributed by atoms with Gasteiger partial charge in [-0.05, 0) is 36.8 Å². The summed E-state index contributed by atoms with van der Waals surface area (Å²) >= 11 is 0. The van der Waals surface area contributed by atoms with Gasteiger partial charge in [-0.2, -0.15) is 0 Å². The number of rotatable bonds is 11. The monoisotopic (exact) mass is 524 g/mol. The second-order valence-electron chi connectivity index (χ2n) is 9.07. The van der Waals surface area contributed by atoms with E-state index in [1.54, 1.807) is 53.8 Å². The molecule has 4 aromatic rings. The van der Waals surface area contributed by atoms with Crippen LogP contribution in [0.5, 0.6) is 11.5 Å². The Morgan fingerprint density at radius 1 is 1.03 bits per heavy atom. The van der Waals surface area contributed by atoms with E-state index >= 15 is 0 Å². The third-order valence-electron chi connectivity index (χ3n) is 6.46. The molecule has 9 nitrogen and oxygen atoms in total. The lowest BCUT2D eigenvalue weighted by Crippen LogP contribution is -2.40. The van der Waals surface area contributed by atoms with Crippen LogP contribution in [0.25, 0.3) is 0 Å². The van der Waals surface area contributed by atoms with Gasteiger partial charge in [0.25, 0.3) is 5.91 Å². The summed E-state index contributed by atoms with van der Waals surface area (Å²) in [6.07, 6.45) is 5.35. The number of aromatic nitrogens is 2. The Hall–Kier alpha value is -4.92. The van der Waals surface area contributed by atoms with Crippen LogP contribution in [0.4, 0.5) is 11.5 Å². The van der Waals surface area contributed by atoms with Crippen molar-refractivity contribution >= 4 is 23.4 Å². The van der Waals surface area contributed by atoms with Gasteiger partial charge in [0.05, 0.1) is 12.1 Å². The van der Waals surface area contributed by atoms with Crippen molar-refractivity contribution in [1.82, 2.24) is 9.97 Å². The third-order valence-corrected chi connectivity index (χ3v) is 6.46. The molecule has 5 rings (SSSR count). The number of nitrogens with one attached hydrogen (secondary N) is 1. The first-order chi connectivity index (χ1) is 19.0. The summed E-state index contributed by atoms with van der Waals surface area (Å²) in [5.74, 6) is 0.536. The number of hydrogen-bond acceptors (Lipinski definition) is 7. The number of nitrogens with zero attached hydrogens (tertiary/aromatic N) is 3. The molecule has 0 saturated heterocycles. The fourth-order valence-corrected chi connectivity index (χ4v) is 4.66. The van der Waals surface area contributed by atoms with Crippen LogP contribution >= 0.6 is 0 Å². The van der Waals surface area contributed by atoms with E-state index in [9.17, 15) is 14.7 Å². The number of carbonyl (C=O) groups excluding carboxylic acids is 1. The third kappa shape index (κ3) is 5.82. The lowest BCUT2D eigenvalue weighted by atomic mass is 9.84. The minimum Gasteiger partial charge on any atom is -0.481 e. The molecule has 0 fully saturated rings.